The summed E-state index contributed by atoms with van der Waals surface area (Å²) in [7, 11) is 0. The quantitative estimate of drug-likeness (QED) is 0.274. The monoisotopic (exact) mass is 694 g/mol. The Bertz CT molecular complexity index is 310. The van der Waals surface area contributed by atoms with E-state index in [1.54, 1.807) is 0 Å². The fraction of sp³-hybridized carbons (Fsp3) is 0.500. The molecule has 11 heteroatoms. The molecule has 0 unspecified atom stereocenters. The zero-order chi connectivity index (χ0) is 14.2. The van der Waals surface area contributed by atoms with Crippen molar-refractivity contribution in [3.8, 4) is 0 Å². The Kier molecular flexibility index (Phi) is 18.4. The Labute approximate surface area is 151 Å². The Morgan fingerprint density at radius 3 is 1.26 bits per heavy atom. The molecule has 0 atom stereocenters. The average Bonchev–Trinajstić information content (AvgIpc) is 1.98. The molecular formula is C8H8O9PbU-2. The fourth-order valence-corrected chi connectivity index (χ4v) is 0.684. The number of hydrogen-bond acceptors (Lipinski definition) is 9. The SMILES string of the molecule is CC(=O)[O-].O=C([O-])CC(O)(CC(=O)[O-])C(=O)[O-].[Pb+2].[U]. The molecule has 0 saturated carbocycles. The van der Waals surface area contributed by atoms with Gasteiger partial charge in [-0.2, -0.15) is 0 Å². The van der Waals surface area contributed by atoms with Crippen LogP contribution in [-0.2, 0) is 19.2 Å². The van der Waals surface area contributed by atoms with Crippen LogP contribution in [0.3, 0.4) is 0 Å². The number of carbonyl (C=O) groups excluding carboxylic acids is 4. The van der Waals surface area contributed by atoms with Gasteiger partial charge >= 0.3 is 27.3 Å². The fourth-order valence-electron chi connectivity index (χ4n) is 0.684. The van der Waals surface area contributed by atoms with Crippen molar-refractivity contribution in [2.45, 2.75) is 25.4 Å². The van der Waals surface area contributed by atoms with Gasteiger partial charge in [0, 0.05) is 61.9 Å². The summed E-state index contributed by atoms with van der Waals surface area (Å²) in [4.78, 5) is 38.9. The minimum atomic E-state index is -2.97. The van der Waals surface area contributed by atoms with Crippen LogP contribution in [0.4, 0.5) is 0 Å². The van der Waals surface area contributed by atoms with Gasteiger partial charge in [-0.15, -0.1) is 0 Å². The van der Waals surface area contributed by atoms with Crippen LogP contribution in [0.25, 0.3) is 0 Å². The van der Waals surface area contributed by atoms with Gasteiger partial charge in [-0.3, -0.25) is 0 Å². The molecule has 1 N–H and O–H groups in total. The first-order chi connectivity index (χ1) is 7.51. The summed E-state index contributed by atoms with van der Waals surface area (Å²) in [6.45, 7) is 0.972. The average molecular weight is 693 g/mol. The molecule has 2 radical (unpaired) electrons. The number of carboxylic acid groups (broad SMARTS) is 4. The summed E-state index contributed by atoms with van der Waals surface area (Å²) in [5.41, 5.74) is -2.97. The van der Waals surface area contributed by atoms with E-state index in [2.05, 4.69) is 0 Å². The predicted molar refractivity (Wildman–Crippen MR) is 45.6 cm³/mol. The van der Waals surface area contributed by atoms with Crippen LogP contribution < -0.4 is 20.4 Å². The van der Waals surface area contributed by atoms with Crippen molar-refractivity contribution >= 4 is 51.2 Å². The normalized spacial score (nSPS) is 8.74. The van der Waals surface area contributed by atoms with Gasteiger partial charge in [-0.25, -0.2) is 0 Å². The number of aliphatic carboxylic acids is 4. The Morgan fingerprint density at radius 2 is 1.16 bits per heavy atom. The van der Waals surface area contributed by atoms with E-state index in [4.69, 9.17) is 15.0 Å². The van der Waals surface area contributed by atoms with Gasteiger partial charge in [0.1, 0.15) is 5.60 Å². The topological polar surface area (TPSA) is 181 Å². The maximum Gasteiger partial charge on any atom is 2.00 e. The third kappa shape index (κ3) is 17.8. The Balaban J connectivity index is -0.000000165. The number of rotatable bonds is 5. The molecule has 0 amide bonds. The molecule has 0 bridgehead atoms. The predicted octanol–water partition coefficient (Wildman–Crippen LogP) is -6.88. The van der Waals surface area contributed by atoms with Crippen molar-refractivity contribution in [2.75, 3.05) is 0 Å². The molecule has 0 rings (SSSR count). The molecule has 0 aromatic heterocycles. The summed E-state index contributed by atoms with van der Waals surface area (Å²) < 4.78 is 0. The van der Waals surface area contributed by atoms with Gasteiger partial charge in [0.25, 0.3) is 0 Å². The maximum absolute atomic E-state index is 10.1. The van der Waals surface area contributed by atoms with Crippen molar-refractivity contribution < 1.29 is 75.8 Å². The van der Waals surface area contributed by atoms with Crippen molar-refractivity contribution in [3.63, 3.8) is 0 Å². The second-order valence-corrected chi connectivity index (χ2v) is 2.91. The van der Waals surface area contributed by atoms with E-state index in [1.807, 2.05) is 0 Å². The molecule has 0 fully saturated rings. The number of aliphatic hydroxyl groups is 1. The van der Waals surface area contributed by atoms with Gasteiger partial charge in [0.05, 0.1) is 5.97 Å². The molecule has 0 aliphatic rings. The van der Waals surface area contributed by atoms with E-state index in [0.717, 1.165) is 6.92 Å². The van der Waals surface area contributed by atoms with Gasteiger partial charge in [-0.05, 0) is 6.92 Å². The van der Waals surface area contributed by atoms with Crippen LogP contribution >= 0.6 is 0 Å². The van der Waals surface area contributed by atoms with Crippen LogP contribution in [0, 0.1) is 31.1 Å². The third-order valence-electron chi connectivity index (χ3n) is 1.25. The van der Waals surface area contributed by atoms with E-state index in [0.29, 0.717) is 0 Å². The second-order valence-electron chi connectivity index (χ2n) is 2.91. The van der Waals surface area contributed by atoms with E-state index < -0.39 is 42.3 Å². The van der Waals surface area contributed by atoms with Crippen LogP contribution in [0.2, 0.25) is 0 Å². The van der Waals surface area contributed by atoms with Gasteiger partial charge < -0.3 is 44.7 Å². The molecule has 0 aliphatic carbocycles. The molecule has 0 spiro atoms. The van der Waals surface area contributed by atoms with E-state index in [1.165, 1.54) is 0 Å². The number of carbonyl (C=O) groups is 4. The number of hydrogen-bond donors (Lipinski definition) is 1. The van der Waals surface area contributed by atoms with Gasteiger partial charge in [0.2, 0.25) is 0 Å². The first kappa shape index (κ1) is 27.2. The Morgan fingerprint density at radius 1 is 0.947 bits per heavy atom. The van der Waals surface area contributed by atoms with E-state index in [9.17, 15) is 29.7 Å². The molecule has 0 heterocycles. The molecule has 0 aromatic rings. The molecule has 19 heavy (non-hydrogen) atoms. The van der Waals surface area contributed by atoms with Gasteiger partial charge in [0.15, 0.2) is 0 Å². The standard InChI is InChI=1S/C6H8O7.C2H4O2.Pb.U/c7-3(8)1-6(13,5(11)12)2-4(9)10;1-2(3)4;;/h13H,1-2H2,(H,7,8)(H,9,10)(H,11,12);1H3,(H,3,4);;/q;;+2;/p-4. The third-order valence-corrected chi connectivity index (χ3v) is 1.25. The largest absolute Gasteiger partial charge is 2.00 e. The smallest absolute Gasteiger partial charge is 0.550 e. The Hall–Kier alpha value is -0.186. The van der Waals surface area contributed by atoms with Crippen molar-refractivity contribution in [1.82, 2.24) is 0 Å². The summed E-state index contributed by atoms with van der Waals surface area (Å²) in [5, 5.41) is 47.8. The molecular weight excluding hydrogens is 685 g/mol. The van der Waals surface area contributed by atoms with Crippen LogP contribution in [0.15, 0.2) is 0 Å². The molecule has 0 aliphatic heterocycles. The minimum absolute atomic E-state index is 0. The van der Waals surface area contributed by atoms with Gasteiger partial charge in [-0.1, -0.05) is 0 Å². The summed E-state index contributed by atoms with van der Waals surface area (Å²) in [6, 6.07) is 0. The number of carboxylic acids is 4. The van der Waals surface area contributed by atoms with Crippen LogP contribution in [0.5, 0.6) is 0 Å². The van der Waals surface area contributed by atoms with Crippen LogP contribution in [0.1, 0.15) is 19.8 Å². The first-order valence-corrected chi connectivity index (χ1v) is 4.02. The zero-order valence-electron chi connectivity index (χ0n) is 9.63. The molecule has 9 nitrogen and oxygen atoms in total. The van der Waals surface area contributed by atoms with E-state index in [-0.39, 0.29) is 58.4 Å². The minimum Gasteiger partial charge on any atom is -0.550 e. The summed E-state index contributed by atoms with van der Waals surface area (Å²) in [5.74, 6) is -7.07. The summed E-state index contributed by atoms with van der Waals surface area (Å²) in [6.07, 6.45) is -2.72. The van der Waals surface area contributed by atoms with E-state index >= 15 is 0 Å². The molecule has 0 saturated heterocycles. The molecule has 104 valence electrons. The first-order valence-electron chi connectivity index (χ1n) is 4.02. The second kappa shape index (κ2) is 12.8. The maximum atomic E-state index is 10.1. The van der Waals surface area contributed by atoms with Crippen LogP contribution in [-0.4, -0.2) is 61.9 Å². The van der Waals surface area contributed by atoms with Crippen molar-refractivity contribution in [1.29, 1.82) is 0 Å². The molecule has 0 aromatic carbocycles. The van der Waals surface area contributed by atoms with Crippen molar-refractivity contribution in [3.05, 3.63) is 0 Å². The zero-order valence-corrected chi connectivity index (χ0v) is 17.7. The summed E-state index contributed by atoms with van der Waals surface area (Å²) >= 11 is 0. The van der Waals surface area contributed by atoms with Crippen molar-refractivity contribution in [2.24, 2.45) is 0 Å².